The van der Waals surface area contributed by atoms with Gasteiger partial charge in [-0.2, -0.15) is 15.0 Å². The molecule has 1 fully saturated rings. The lowest BCUT2D eigenvalue weighted by molar-refractivity contribution is 0.144. The smallest absolute Gasteiger partial charge is 0.232 e. The third-order valence-corrected chi connectivity index (χ3v) is 5.31. The number of pyridine rings is 2. The molecule has 0 atom stereocenters. The number of anilines is 5. The second-order valence-electron chi connectivity index (χ2n) is 7.69. The highest BCUT2D eigenvalue weighted by Gasteiger charge is 2.16. The number of aromatic nitrogens is 5. The monoisotopic (exact) mass is 446 g/mol. The molecule has 0 aliphatic carbocycles. The second-order valence-corrected chi connectivity index (χ2v) is 7.69. The van der Waals surface area contributed by atoms with Crippen LogP contribution in [0.3, 0.4) is 0 Å². The Balaban J connectivity index is 1.40. The van der Waals surface area contributed by atoms with E-state index in [4.69, 9.17) is 14.5 Å². The maximum absolute atomic E-state index is 5.62. The Hall–Kier alpha value is -3.92. The molecule has 1 aliphatic rings. The number of hydrogen-bond donors (Lipinski definition) is 2. The standard InChI is InChI=1S/C23H26N8O2/c1-32-13-14-33-22-6-4-5-18(26-22)27-23-28-19(16-21(29-23)30-9-2-3-10-30)25-17-7-11-31-12-8-24-20(31)15-17/h4-8,11-12,15-16H,2-3,9-10,13-14H2,1H3,(H2,25,26,27,28,29). The van der Waals surface area contributed by atoms with Crippen molar-refractivity contribution in [2.24, 2.45) is 0 Å². The van der Waals surface area contributed by atoms with Crippen LogP contribution in [0.15, 0.2) is 55.0 Å². The average Bonchev–Trinajstić information content (AvgIpc) is 3.51. The molecule has 0 spiro atoms. The van der Waals surface area contributed by atoms with Gasteiger partial charge in [0.15, 0.2) is 0 Å². The van der Waals surface area contributed by atoms with E-state index < -0.39 is 0 Å². The van der Waals surface area contributed by atoms with Crippen LogP contribution in [0.25, 0.3) is 5.65 Å². The first-order valence-corrected chi connectivity index (χ1v) is 11.0. The Labute approximate surface area is 191 Å². The lowest BCUT2D eigenvalue weighted by Gasteiger charge is -2.19. The van der Waals surface area contributed by atoms with Crippen LogP contribution >= 0.6 is 0 Å². The van der Waals surface area contributed by atoms with E-state index in [-0.39, 0.29) is 0 Å². The van der Waals surface area contributed by atoms with Crippen LogP contribution in [-0.4, -0.2) is 57.7 Å². The minimum Gasteiger partial charge on any atom is -0.475 e. The molecule has 33 heavy (non-hydrogen) atoms. The molecule has 0 unspecified atom stereocenters. The summed E-state index contributed by atoms with van der Waals surface area (Å²) in [4.78, 5) is 20.5. The van der Waals surface area contributed by atoms with Gasteiger partial charge in [0, 0.05) is 62.7 Å². The lowest BCUT2D eigenvalue weighted by atomic mass is 10.3. The molecule has 1 aliphatic heterocycles. The van der Waals surface area contributed by atoms with Crippen molar-refractivity contribution in [2.45, 2.75) is 12.8 Å². The van der Waals surface area contributed by atoms with E-state index >= 15 is 0 Å². The van der Waals surface area contributed by atoms with Crippen molar-refractivity contribution >= 4 is 34.7 Å². The van der Waals surface area contributed by atoms with Gasteiger partial charge >= 0.3 is 0 Å². The third-order valence-electron chi connectivity index (χ3n) is 5.31. The highest BCUT2D eigenvalue weighted by Crippen LogP contribution is 2.26. The molecule has 4 aromatic heterocycles. The van der Waals surface area contributed by atoms with E-state index in [9.17, 15) is 0 Å². The van der Waals surface area contributed by atoms with E-state index in [0.717, 1.165) is 43.1 Å². The summed E-state index contributed by atoms with van der Waals surface area (Å²) in [7, 11) is 1.64. The van der Waals surface area contributed by atoms with Crippen LogP contribution in [0.5, 0.6) is 5.88 Å². The van der Waals surface area contributed by atoms with Crippen LogP contribution in [0.4, 0.5) is 29.1 Å². The molecule has 170 valence electrons. The molecule has 0 amide bonds. The maximum atomic E-state index is 5.62. The number of hydrogen-bond acceptors (Lipinski definition) is 9. The zero-order chi connectivity index (χ0) is 22.5. The number of ether oxygens (including phenoxy) is 2. The van der Waals surface area contributed by atoms with Gasteiger partial charge in [0.2, 0.25) is 11.8 Å². The molecule has 5 heterocycles. The van der Waals surface area contributed by atoms with E-state index in [1.54, 1.807) is 19.4 Å². The number of methoxy groups -OCH3 is 1. The third kappa shape index (κ3) is 5.12. The minimum absolute atomic E-state index is 0.433. The largest absolute Gasteiger partial charge is 0.475 e. The van der Waals surface area contributed by atoms with Gasteiger partial charge in [-0.15, -0.1) is 0 Å². The summed E-state index contributed by atoms with van der Waals surface area (Å²) in [6, 6.07) is 11.5. The van der Waals surface area contributed by atoms with Gasteiger partial charge in [0.1, 0.15) is 29.7 Å². The second kappa shape index (κ2) is 9.70. The minimum atomic E-state index is 0.433. The highest BCUT2D eigenvalue weighted by atomic mass is 16.5. The zero-order valence-electron chi connectivity index (χ0n) is 18.4. The summed E-state index contributed by atoms with van der Waals surface area (Å²) < 4.78 is 12.6. The topological polar surface area (TPSA) is 102 Å². The molecule has 4 aromatic rings. The van der Waals surface area contributed by atoms with Gasteiger partial charge in [-0.3, -0.25) is 0 Å². The van der Waals surface area contributed by atoms with Crippen molar-refractivity contribution in [3.8, 4) is 5.88 Å². The highest BCUT2D eigenvalue weighted by molar-refractivity contribution is 5.65. The molecular weight excluding hydrogens is 420 g/mol. The fraction of sp³-hybridized carbons (Fsp3) is 0.304. The van der Waals surface area contributed by atoms with Crippen molar-refractivity contribution in [3.05, 3.63) is 55.0 Å². The van der Waals surface area contributed by atoms with E-state index in [2.05, 4.69) is 30.5 Å². The summed E-state index contributed by atoms with van der Waals surface area (Å²) >= 11 is 0. The molecule has 2 N–H and O–H groups in total. The van der Waals surface area contributed by atoms with Crippen LogP contribution in [0.2, 0.25) is 0 Å². The number of nitrogens with one attached hydrogen (secondary N) is 2. The molecule has 10 nitrogen and oxygen atoms in total. The average molecular weight is 447 g/mol. The van der Waals surface area contributed by atoms with Gasteiger partial charge in [-0.1, -0.05) is 6.07 Å². The summed E-state index contributed by atoms with van der Waals surface area (Å²) in [5.41, 5.74) is 1.76. The van der Waals surface area contributed by atoms with Crippen LogP contribution in [-0.2, 0) is 4.74 Å². The molecule has 1 saturated heterocycles. The number of fused-ring (bicyclic) bond motifs is 1. The van der Waals surface area contributed by atoms with Crippen molar-refractivity contribution in [1.82, 2.24) is 24.3 Å². The normalized spacial score (nSPS) is 13.4. The molecular formula is C23H26N8O2. The molecule has 0 aromatic carbocycles. The number of rotatable bonds is 9. The lowest BCUT2D eigenvalue weighted by Crippen LogP contribution is -2.20. The Morgan fingerprint density at radius 2 is 1.85 bits per heavy atom. The Bertz CT molecular complexity index is 1220. The van der Waals surface area contributed by atoms with E-state index in [1.807, 2.05) is 47.1 Å². The summed E-state index contributed by atoms with van der Waals surface area (Å²) in [6.07, 6.45) is 7.98. The van der Waals surface area contributed by atoms with Gasteiger partial charge in [0.05, 0.1) is 6.61 Å². The maximum Gasteiger partial charge on any atom is 0.232 e. The first-order chi connectivity index (χ1) is 16.3. The van der Waals surface area contributed by atoms with Crippen molar-refractivity contribution < 1.29 is 9.47 Å². The summed E-state index contributed by atoms with van der Waals surface area (Å²) in [5, 5.41) is 6.61. The van der Waals surface area contributed by atoms with Crippen molar-refractivity contribution in [1.29, 1.82) is 0 Å². The fourth-order valence-electron chi connectivity index (χ4n) is 3.71. The van der Waals surface area contributed by atoms with E-state index in [1.165, 1.54) is 0 Å². The predicted molar refractivity (Wildman–Crippen MR) is 127 cm³/mol. The van der Waals surface area contributed by atoms with Gasteiger partial charge in [-0.05, 0) is 25.0 Å². The van der Waals surface area contributed by atoms with Crippen LogP contribution in [0.1, 0.15) is 12.8 Å². The molecule has 0 bridgehead atoms. The summed E-state index contributed by atoms with van der Waals surface area (Å²) in [6.45, 7) is 2.90. The molecule has 10 heteroatoms. The van der Waals surface area contributed by atoms with Crippen LogP contribution < -0.4 is 20.3 Å². The van der Waals surface area contributed by atoms with Gasteiger partial charge in [0.25, 0.3) is 0 Å². The zero-order valence-corrected chi connectivity index (χ0v) is 18.4. The molecule has 0 radical (unpaired) electrons. The number of imidazole rings is 1. The first kappa shape index (κ1) is 21.0. The fourth-order valence-corrected chi connectivity index (χ4v) is 3.71. The quantitative estimate of drug-likeness (QED) is 0.373. The predicted octanol–water partition coefficient (Wildman–Crippen LogP) is 3.63. The SMILES string of the molecule is COCCOc1cccc(Nc2nc(Nc3ccn4ccnc4c3)cc(N3CCCC3)n2)n1. The van der Waals surface area contributed by atoms with Gasteiger partial charge in [-0.25, -0.2) is 4.98 Å². The Morgan fingerprint density at radius 1 is 0.939 bits per heavy atom. The molecule has 5 rings (SSSR count). The van der Waals surface area contributed by atoms with Crippen LogP contribution in [0, 0.1) is 0 Å². The number of nitrogens with zero attached hydrogens (tertiary/aromatic N) is 6. The first-order valence-electron chi connectivity index (χ1n) is 11.0. The van der Waals surface area contributed by atoms with Crippen molar-refractivity contribution in [2.75, 3.05) is 48.9 Å². The van der Waals surface area contributed by atoms with Gasteiger partial charge < -0.3 is 29.4 Å². The summed E-state index contributed by atoms with van der Waals surface area (Å²) in [5.74, 6) is 3.15. The van der Waals surface area contributed by atoms with Crippen molar-refractivity contribution in [3.63, 3.8) is 0 Å². The molecule has 0 saturated carbocycles. The Morgan fingerprint density at radius 3 is 2.73 bits per heavy atom. The van der Waals surface area contributed by atoms with E-state index in [0.29, 0.717) is 36.7 Å². The Kier molecular flexibility index (Phi) is 6.16.